The molecule has 7 heteroatoms. The third-order valence-electron chi connectivity index (χ3n) is 4.76. The summed E-state index contributed by atoms with van der Waals surface area (Å²) >= 11 is 5.94. The Morgan fingerprint density at radius 2 is 1.81 bits per heavy atom. The van der Waals surface area contributed by atoms with E-state index in [1.807, 2.05) is 6.92 Å². The Balaban J connectivity index is 1.66. The van der Waals surface area contributed by atoms with E-state index in [-0.39, 0.29) is 11.8 Å². The van der Waals surface area contributed by atoms with Gasteiger partial charge in [-0.2, -0.15) is 0 Å². The van der Waals surface area contributed by atoms with E-state index in [0.717, 1.165) is 0 Å². The van der Waals surface area contributed by atoms with Gasteiger partial charge in [0.1, 0.15) is 11.5 Å². The molecule has 1 aliphatic heterocycles. The molecule has 3 rings (SSSR count). The van der Waals surface area contributed by atoms with Crippen LogP contribution in [0.1, 0.15) is 40.0 Å². The highest BCUT2D eigenvalue weighted by Gasteiger charge is 2.28. The Labute approximate surface area is 163 Å². The Morgan fingerprint density at radius 1 is 1.11 bits per heavy atom. The molecule has 1 atom stereocenters. The smallest absolute Gasteiger partial charge is 0.257 e. The minimum Gasteiger partial charge on any atom is -0.466 e. The molecule has 0 aliphatic carbocycles. The zero-order chi connectivity index (χ0) is 19.6. The highest BCUT2D eigenvalue weighted by atomic mass is 35.5. The maximum absolute atomic E-state index is 12.8. The fourth-order valence-electron chi connectivity index (χ4n) is 3.35. The van der Waals surface area contributed by atoms with E-state index < -0.39 is 6.10 Å². The highest BCUT2D eigenvalue weighted by molar-refractivity contribution is 6.30. The second-order valence-corrected chi connectivity index (χ2v) is 7.19. The molecule has 0 bridgehead atoms. The van der Waals surface area contributed by atoms with Gasteiger partial charge in [-0.1, -0.05) is 23.7 Å². The molecular formula is C20H23ClN2O4. The lowest BCUT2D eigenvalue weighted by Crippen LogP contribution is -2.39. The summed E-state index contributed by atoms with van der Waals surface area (Å²) < 4.78 is 5.45. The molecule has 0 spiro atoms. The van der Waals surface area contributed by atoms with Crippen molar-refractivity contribution in [1.29, 1.82) is 0 Å². The molecule has 1 aromatic carbocycles. The number of carbonyl (C=O) groups excluding carboxylic acids is 2. The van der Waals surface area contributed by atoms with Crippen LogP contribution in [-0.4, -0.2) is 52.9 Å². The summed E-state index contributed by atoms with van der Waals surface area (Å²) in [7, 11) is 0. The van der Waals surface area contributed by atoms with Crippen molar-refractivity contribution < 1.29 is 19.1 Å². The first kappa shape index (κ1) is 19.5. The van der Waals surface area contributed by atoms with Crippen molar-refractivity contribution in [1.82, 2.24) is 9.80 Å². The van der Waals surface area contributed by atoms with E-state index in [4.69, 9.17) is 16.0 Å². The van der Waals surface area contributed by atoms with Gasteiger partial charge in [0.25, 0.3) is 11.8 Å². The third-order valence-corrected chi connectivity index (χ3v) is 5.00. The van der Waals surface area contributed by atoms with Gasteiger partial charge in [0.15, 0.2) is 6.10 Å². The first-order chi connectivity index (χ1) is 12.9. The van der Waals surface area contributed by atoms with Crippen molar-refractivity contribution >= 4 is 23.4 Å². The van der Waals surface area contributed by atoms with Gasteiger partial charge in [-0.25, -0.2) is 0 Å². The fourth-order valence-corrected chi connectivity index (χ4v) is 3.55. The molecule has 27 heavy (non-hydrogen) atoms. The highest BCUT2D eigenvalue weighted by Crippen LogP contribution is 2.21. The molecular weight excluding hydrogens is 368 g/mol. The lowest BCUT2D eigenvalue weighted by atomic mass is 10.1. The van der Waals surface area contributed by atoms with Crippen LogP contribution in [0, 0.1) is 13.8 Å². The minimum absolute atomic E-state index is 0.0889. The van der Waals surface area contributed by atoms with Crippen molar-refractivity contribution in [2.24, 2.45) is 0 Å². The number of benzene rings is 1. The monoisotopic (exact) mass is 390 g/mol. The predicted octanol–water partition coefficient (Wildman–Crippen LogP) is 2.96. The molecule has 1 aliphatic rings. The number of rotatable bonds is 3. The average Bonchev–Trinajstić information content (AvgIpc) is 2.85. The van der Waals surface area contributed by atoms with Gasteiger partial charge < -0.3 is 19.3 Å². The van der Waals surface area contributed by atoms with Crippen LogP contribution in [0.4, 0.5) is 0 Å². The maximum Gasteiger partial charge on any atom is 0.257 e. The number of aryl methyl sites for hydroxylation is 2. The van der Waals surface area contributed by atoms with Gasteiger partial charge in [-0.05, 0) is 44.0 Å². The number of aliphatic hydroxyl groups is 1. The fraction of sp³-hybridized carbons (Fsp3) is 0.400. The van der Waals surface area contributed by atoms with Crippen LogP contribution in [0.15, 0.2) is 34.7 Å². The summed E-state index contributed by atoms with van der Waals surface area (Å²) in [6, 6.07) is 8.39. The van der Waals surface area contributed by atoms with Crippen molar-refractivity contribution in [3.8, 4) is 0 Å². The molecule has 0 radical (unpaired) electrons. The van der Waals surface area contributed by atoms with E-state index in [1.54, 1.807) is 47.1 Å². The summed E-state index contributed by atoms with van der Waals surface area (Å²) in [5.41, 5.74) is 1.03. The van der Waals surface area contributed by atoms with E-state index in [0.29, 0.717) is 60.3 Å². The second-order valence-electron chi connectivity index (χ2n) is 6.76. The molecule has 1 N–H and O–H groups in total. The Hall–Kier alpha value is -2.31. The SMILES string of the molecule is Cc1cc(C(=O)N2CCCN(C(=O)C(O)c3cccc(Cl)c3)CC2)c(C)o1. The van der Waals surface area contributed by atoms with Crippen molar-refractivity contribution in [3.05, 3.63) is 58.0 Å². The van der Waals surface area contributed by atoms with E-state index in [2.05, 4.69) is 0 Å². The molecule has 2 aromatic rings. The van der Waals surface area contributed by atoms with Crippen LogP contribution >= 0.6 is 11.6 Å². The van der Waals surface area contributed by atoms with Gasteiger partial charge in [0.2, 0.25) is 0 Å². The number of carbonyl (C=O) groups is 2. The Kier molecular flexibility index (Phi) is 5.87. The van der Waals surface area contributed by atoms with Gasteiger partial charge in [0, 0.05) is 31.2 Å². The van der Waals surface area contributed by atoms with Gasteiger partial charge in [-0.3, -0.25) is 9.59 Å². The Morgan fingerprint density at radius 3 is 2.48 bits per heavy atom. The quantitative estimate of drug-likeness (QED) is 0.874. The summed E-state index contributed by atoms with van der Waals surface area (Å²) in [4.78, 5) is 28.8. The molecule has 1 fully saturated rings. The second kappa shape index (κ2) is 8.15. The standard InChI is InChI=1S/C20H23ClN2O4/c1-13-11-17(14(2)27-13)19(25)22-7-4-8-23(10-9-22)20(26)18(24)15-5-3-6-16(21)12-15/h3,5-6,11-12,18,24H,4,7-10H2,1-2H3. The van der Waals surface area contributed by atoms with Gasteiger partial charge >= 0.3 is 0 Å². The van der Waals surface area contributed by atoms with Crippen LogP contribution in [0.5, 0.6) is 0 Å². The van der Waals surface area contributed by atoms with Crippen molar-refractivity contribution in [3.63, 3.8) is 0 Å². The number of amides is 2. The number of halogens is 1. The lowest BCUT2D eigenvalue weighted by molar-refractivity contribution is -0.140. The van der Waals surface area contributed by atoms with Crippen LogP contribution in [-0.2, 0) is 4.79 Å². The number of nitrogens with zero attached hydrogens (tertiary/aromatic N) is 2. The first-order valence-electron chi connectivity index (χ1n) is 8.95. The summed E-state index contributed by atoms with van der Waals surface area (Å²) in [6.07, 6.45) is -0.611. The average molecular weight is 391 g/mol. The molecule has 2 heterocycles. The molecule has 144 valence electrons. The van der Waals surface area contributed by atoms with Crippen molar-refractivity contribution in [2.75, 3.05) is 26.2 Å². The van der Waals surface area contributed by atoms with Crippen LogP contribution in [0.3, 0.4) is 0 Å². The van der Waals surface area contributed by atoms with Crippen molar-refractivity contribution in [2.45, 2.75) is 26.4 Å². The topological polar surface area (TPSA) is 74.0 Å². The summed E-state index contributed by atoms with van der Waals surface area (Å²) in [6.45, 7) is 5.41. The van der Waals surface area contributed by atoms with Crippen LogP contribution < -0.4 is 0 Å². The predicted molar refractivity (Wildman–Crippen MR) is 102 cm³/mol. The molecule has 2 amide bonds. The summed E-state index contributed by atoms with van der Waals surface area (Å²) in [5.74, 6) is 0.842. The summed E-state index contributed by atoms with van der Waals surface area (Å²) in [5, 5.41) is 10.9. The van der Waals surface area contributed by atoms with E-state index in [9.17, 15) is 14.7 Å². The third kappa shape index (κ3) is 4.34. The number of hydrogen-bond donors (Lipinski definition) is 1. The minimum atomic E-state index is -1.26. The van der Waals surface area contributed by atoms with Crippen LogP contribution in [0.2, 0.25) is 5.02 Å². The number of hydrogen-bond acceptors (Lipinski definition) is 4. The molecule has 1 unspecified atom stereocenters. The molecule has 1 aromatic heterocycles. The molecule has 1 saturated heterocycles. The largest absolute Gasteiger partial charge is 0.466 e. The molecule has 0 saturated carbocycles. The first-order valence-corrected chi connectivity index (χ1v) is 9.33. The zero-order valence-electron chi connectivity index (χ0n) is 15.4. The van der Waals surface area contributed by atoms with E-state index >= 15 is 0 Å². The van der Waals surface area contributed by atoms with Gasteiger partial charge in [0.05, 0.1) is 5.56 Å². The Bertz CT molecular complexity index is 848. The van der Waals surface area contributed by atoms with Crippen LogP contribution in [0.25, 0.3) is 0 Å². The molecule has 6 nitrogen and oxygen atoms in total. The normalized spacial score (nSPS) is 16.1. The number of furan rings is 1. The van der Waals surface area contributed by atoms with Gasteiger partial charge in [-0.15, -0.1) is 0 Å². The number of aliphatic hydroxyl groups excluding tert-OH is 1. The lowest BCUT2D eigenvalue weighted by Gasteiger charge is -2.24. The zero-order valence-corrected chi connectivity index (χ0v) is 16.2. The van der Waals surface area contributed by atoms with E-state index in [1.165, 1.54) is 0 Å². The maximum atomic E-state index is 12.8.